The van der Waals surface area contributed by atoms with E-state index >= 15 is 0 Å². The standard InChI is InChI=1S/C22H37N7O5/c1-13(2)18(28-19(30)15(24)10-14-11-25-12-26-14)21(32)29-9-5-7-17(29)20(31)27-16(22(33)34)6-3-4-8-23/h11-13,15-18H,3-10,23-24H2,1-2H3,(H,25,26)(H,27,31)(H,28,30)(H,33,34). The van der Waals surface area contributed by atoms with Gasteiger partial charge in [0.05, 0.1) is 12.4 Å². The third-order valence-electron chi connectivity index (χ3n) is 5.96. The number of carboxylic acid groups (broad SMARTS) is 1. The van der Waals surface area contributed by atoms with Gasteiger partial charge in [0, 0.05) is 24.9 Å². The van der Waals surface area contributed by atoms with Crippen LogP contribution in [0.2, 0.25) is 0 Å². The molecule has 4 unspecified atom stereocenters. The Morgan fingerprint density at radius 3 is 2.59 bits per heavy atom. The number of hydrogen-bond donors (Lipinski definition) is 6. The van der Waals surface area contributed by atoms with Gasteiger partial charge in [-0.15, -0.1) is 0 Å². The maximum absolute atomic E-state index is 13.4. The normalized spacial score (nSPS) is 18.4. The molecule has 0 aliphatic carbocycles. The third-order valence-corrected chi connectivity index (χ3v) is 5.96. The minimum absolute atomic E-state index is 0.236. The smallest absolute Gasteiger partial charge is 0.326 e. The Kier molecular flexibility index (Phi) is 10.5. The van der Waals surface area contributed by atoms with E-state index in [0.29, 0.717) is 44.5 Å². The van der Waals surface area contributed by atoms with E-state index in [1.807, 2.05) is 0 Å². The van der Waals surface area contributed by atoms with Crippen molar-refractivity contribution in [3.63, 3.8) is 0 Å². The minimum Gasteiger partial charge on any atom is -0.480 e. The van der Waals surface area contributed by atoms with Gasteiger partial charge in [-0.25, -0.2) is 9.78 Å². The van der Waals surface area contributed by atoms with Crippen LogP contribution in [0.1, 0.15) is 51.6 Å². The van der Waals surface area contributed by atoms with E-state index < -0.39 is 42.0 Å². The van der Waals surface area contributed by atoms with Crippen molar-refractivity contribution < 1.29 is 24.3 Å². The fraction of sp³-hybridized carbons (Fsp3) is 0.682. The van der Waals surface area contributed by atoms with Gasteiger partial charge in [0.2, 0.25) is 17.7 Å². The third kappa shape index (κ3) is 7.52. The number of carboxylic acids is 1. The van der Waals surface area contributed by atoms with Crippen molar-refractivity contribution in [1.29, 1.82) is 0 Å². The van der Waals surface area contributed by atoms with Crippen molar-refractivity contribution in [3.8, 4) is 0 Å². The predicted octanol–water partition coefficient (Wildman–Crippen LogP) is -0.890. The monoisotopic (exact) mass is 479 g/mol. The van der Waals surface area contributed by atoms with Crippen molar-refractivity contribution in [3.05, 3.63) is 18.2 Å². The summed E-state index contributed by atoms with van der Waals surface area (Å²) in [5, 5.41) is 14.7. The van der Waals surface area contributed by atoms with Gasteiger partial charge in [0.25, 0.3) is 0 Å². The van der Waals surface area contributed by atoms with Gasteiger partial charge >= 0.3 is 5.97 Å². The van der Waals surface area contributed by atoms with Crippen LogP contribution < -0.4 is 22.1 Å². The number of aromatic nitrogens is 2. The number of H-pyrrole nitrogens is 1. The van der Waals surface area contributed by atoms with E-state index in [2.05, 4.69) is 20.6 Å². The van der Waals surface area contributed by atoms with Crippen LogP contribution in [-0.4, -0.2) is 80.9 Å². The molecular formula is C22H37N7O5. The SMILES string of the molecule is CC(C)C(NC(=O)C(N)Cc1cnc[nH]1)C(=O)N1CCCC1C(=O)NC(CCCCN)C(=O)O. The number of nitrogens with two attached hydrogens (primary N) is 2. The summed E-state index contributed by atoms with van der Waals surface area (Å²) in [4.78, 5) is 58.7. The number of aliphatic carboxylic acids is 1. The molecule has 12 heteroatoms. The number of aromatic amines is 1. The summed E-state index contributed by atoms with van der Waals surface area (Å²) in [5.74, 6) is -2.74. The second kappa shape index (κ2) is 13.0. The number of likely N-dealkylation sites (tertiary alicyclic amines) is 1. The number of nitrogens with one attached hydrogen (secondary N) is 3. The molecular weight excluding hydrogens is 442 g/mol. The molecule has 0 bridgehead atoms. The Hall–Kier alpha value is -2.99. The number of unbranched alkanes of at least 4 members (excludes halogenated alkanes) is 1. The van der Waals surface area contributed by atoms with E-state index in [1.54, 1.807) is 20.0 Å². The number of rotatable bonds is 13. The van der Waals surface area contributed by atoms with Crippen LogP contribution in [0.5, 0.6) is 0 Å². The first kappa shape index (κ1) is 27.3. The van der Waals surface area contributed by atoms with E-state index in [9.17, 15) is 24.3 Å². The van der Waals surface area contributed by atoms with Gasteiger partial charge in [0.15, 0.2) is 0 Å². The number of carbonyl (C=O) groups is 4. The maximum atomic E-state index is 13.4. The zero-order valence-corrected chi connectivity index (χ0v) is 19.8. The summed E-state index contributed by atoms with van der Waals surface area (Å²) in [6, 6.07) is -3.58. The van der Waals surface area contributed by atoms with Crippen LogP contribution in [-0.2, 0) is 25.6 Å². The molecule has 1 fully saturated rings. The number of nitrogens with zero attached hydrogens (tertiary/aromatic N) is 2. The number of hydrogen-bond acceptors (Lipinski definition) is 7. The highest BCUT2D eigenvalue weighted by Crippen LogP contribution is 2.21. The molecule has 0 spiro atoms. The molecule has 1 aliphatic heterocycles. The Morgan fingerprint density at radius 2 is 2.00 bits per heavy atom. The highest BCUT2D eigenvalue weighted by Gasteiger charge is 2.40. The molecule has 1 aromatic rings. The summed E-state index contributed by atoms with van der Waals surface area (Å²) in [6.45, 7) is 4.39. The van der Waals surface area contributed by atoms with Crippen molar-refractivity contribution in [2.45, 2.75) is 76.5 Å². The Bertz CT molecular complexity index is 830. The Morgan fingerprint density at radius 1 is 1.26 bits per heavy atom. The van der Waals surface area contributed by atoms with Gasteiger partial charge < -0.3 is 37.1 Å². The molecule has 2 heterocycles. The van der Waals surface area contributed by atoms with Gasteiger partial charge in [-0.2, -0.15) is 0 Å². The van der Waals surface area contributed by atoms with Crippen molar-refractivity contribution >= 4 is 23.7 Å². The number of carbonyl (C=O) groups excluding carboxylic acids is 3. The largest absolute Gasteiger partial charge is 0.480 e. The molecule has 0 aromatic carbocycles. The Balaban J connectivity index is 2.04. The summed E-state index contributed by atoms with van der Waals surface area (Å²) < 4.78 is 0. The van der Waals surface area contributed by atoms with Crippen LogP contribution in [0.4, 0.5) is 0 Å². The lowest BCUT2D eigenvalue weighted by molar-refractivity contribution is -0.145. The molecule has 34 heavy (non-hydrogen) atoms. The molecule has 0 radical (unpaired) electrons. The summed E-state index contributed by atoms with van der Waals surface area (Å²) in [7, 11) is 0. The van der Waals surface area contributed by atoms with Crippen LogP contribution >= 0.6 is 0 Å². The molecule has 4 atom stereocenters. The zero-order chi connectivity index (χ0) is 25.3. The number of imidazole rings is 1. The highest BCUT2D eigenvalue weighted by molar-refractivity contribution is 5.94. The molecule has 1 aromatic heterocycles. The molecule has 1 aliphatic rings. The lowest BCUT2D eigenvalue weighted by atomic mass is 10.0. The van der Waals surface area contributed by atoms with Gasteiger partial charge in [-0.1, -0.05) is 13.8 Å². The second-order valence-electron chi connectivity index (χ2n) is 8.99. The minimum atomic E-state index is -1.13. The van der Waals surface area contributed by atoms with Gasteiger partial charge in [-0.3, -0.25) is 14.4 Å². The first-order valence-corrected chi connectivity index (χ1v) is 11.7. The summed E-state index contributed by atoms with van der Waals surface area (Å²) in [5.41, 5.74) is 12.2. The molecule has 0 saturated carbocycles. The maximum Gasteiger partial charge on any atom is 0.326 e. The van der Waals surface area contributed by atoms with E-state index in [4.69, 9.17) is 11.5 Å². The van der Waals surface area contributed by atoms with Crippen molar-refractivity contribution in [2.24, 2.45) is 17.4 Å². The average molecular weight is 480 g/mol. The second-order valence-corrected chi connectivity index (χ2v) is 8.99. The highest BCUT2D eigenvalue weighted by atomic mass is 16.4. The Labute approximate surface area is 199 Å². The lowest BCUT2D eigenvalue weighted by Crippen LogP contribution is -2.58. The van der Waals surface area contributed by atoms with Gasteiger partial charge in [-0.05, 0) is 44.6 Å². The summed E-state index contributed by atoms with van der Waals surface area (Å²) >= 11 is 0. The first-order chi connectivity index (χ1) is 16.1. The van der Waals surface area contributed by atoms with Crippen molar-refractivity contribution in [1.82, 2.24) is 25.5 Å². The lowest BCUT2D eigenvalue weighted by Gasteiger charge is -2.31. The first-order valence-electron chi connectivity index (χ1n) is 11.7. The van der Waals surface area contributed by atoms with Crippen LogP contribution in [0.25, 0.3) is 0 Å². The fourth-order valence-corrected chi connectivity index (χ4v) is 4.00. The fourth-order valence-electron chi connectivity index (χ4n) is 4.00. The summed E-state index contributed by atoms with van der Waals surface area (Å²) in [6.07, 6.45) is 5.82. The zero-order valence-electron chi connectivity index (χ0n) is 19.8. The van der Waals surface area contributed by atoms with E-state index in [0.717, 1.165) is 0 Å². The van der Waals surface area contributed by atoms with Crippen LogP contribution in [0.3, 0.4) is 0 Å². The molecule has 8 N–H and O–H groups in total. The van der Waals surface area contributed by atoms with Crippen LogP contribution in [0.15, 0.2) is 12.5 Å². The predicted molar refractivity (Wildman–Crippen MR) is 124 cm³/mol. The van der Waals surface area contributed by atoms with Crippen LogP contribution in [0, 0.1) is 5.92 Å². The van der Waals surface area contributed by atoms with E-state index in [-0.39, 0.29) is 24.7 Å². The molecule has 190 valence electrons. The average Bonchev–Trinajstić information content (AvgIpc) is 3.48. The number of amides is 3. The molecule has 3 amide bonds. The quantitative estimate of drug-likeness (QED) is 0.196. The van der Waals surface area contributed by atoms with Crippen molar-refractivity contribution in [2.75, 3.05) is 13.1 Å². The van der Waals surface area contributed by atoms with Gasteiger partial charge in [0.1, 0.15) is 18.1 Å². The molecule has 2 rings (SSSR count). The molecule has 12 nitrogen and oxygen atoms in total. The topological polar surface area (TPSA) is 197 Å². The van der Waals surface area contributed by atoms with E-state index in [1.165, 1.54) is 11.2 Å². The molecule has 1 saturated heterocycles.